The fourth-order valence-corrected chi connectivity index (χ4v) is 3.63. The van der Waals surface area contributed by atoms with Gasteiger partial charge in [0.2, 0.25) is 0 Å². The molecule has 0 amide bonds. The molecule has 0 bridgehead atoms. The van der Waals surface area contributed by atoms with Gasteiger partial charge in [-0.2, -0.15) is 0 Å². The van der Waals surface area contributed by atoms with Gasteiger partial charge in [0.05, 0.1) is 0 Å². The van der Waals surface area contributed by atoms with Crippen LogP contribution in [0.15, 0.2) is 6.07 Å². The fourth-order valence-electron chi connectivity index (χ4n) is 1.23. The van der Waals surface area contributed by atoms with E-state index in [4.69, 9.17) is 12.2 Å². The summed E-state index contributed by atoms with van der Waals surface area (Å²) in [7, 11) is 3.40. The molecule has 0 aromatic carbocycles. The third-order valence-corrected chi connectivity index (χ3v) is 4.88. The maximum atomic E-state index is 5.04. The van der Waals surface area contributed by atoms with Gasteiger partial charge in [-0.25, -0.2) is 0 Å². The second-order valence-electron chi connectivity index (χ2n) is 3.13. The molecule has 0 atom stereocenters. The zero-order valence-corrected chi connectivity index (χ0v) is 12.4. The van der Waals surface area contributed by atoms with Crippen LogP contribution >= 0.6 is 32.9 Å². The molecule has 2 saturated carbocycles. The number of hydrogen-bond donors (Lipinski definition) is 0. The molecule has 1 aromatic heterocycles. The van der Waals surface area contributed by atoms with Crippen molar-refractivity contribution in [2.45, 2.75) is 0 Å². The molecule has 17 heavy (non-hydrogen) atoms. The van der Waals surface area contributed by atoms with Crippen LogP contribution in [-0.4, -0.2) is 0 Å². The third kappa shape index (κ3) is 5.52. The maximum absolute atomic E-state index is 5.04. The van der Waals surface area contributed by atoms with E-state index >= 15 is 0 Å². The molecule has 2 aliphatic rings. The van der Waals surface area contributed by atoms with Gasteiger partial charge in [0.15, 0.2) is 0 Å². The van der Waals surface area contributed by atoms with Crippen LogP contribution in [0.5, 0.6) is 0 Å². The van der Waals surface area contributed by atoms with Gasteiger partial charge < -0.3 is 0 Å². The van der Waals surface area contributed by atoms with Crippen molar-refractivity contribution in [3.8, 4) is 0 Å². The molecule has 1 heterocycles. The van der Waals surface area contributed by atoms with E-state index < -0.39 is 0 Å². The van der Waals surface area contributed by atoms with Gasteiger partial charge in [-0.1, -0.05) is 32.9 Å². The van der Waals surface area contributed by atoms with Crippen LogP contribution in [0.25, 0.3) is 0 Å². The van der Waals surface area contributed by atoms with Gasteiger partial charge in [0.1, 0.15) is 3.82 Å². The first-order chi connectivity index (χ1) is 7.86. The molecular formula is C13H10FeS3+2. The Labute approximate surface area is 128 Å². The summed E-state index contributed by atoms with van der Waals surface area (Å²) >= 11 is 5.04. The topological polar surface area (TPSA) is 0 Å². The second kappa shape index (κ2) is 8.82. The minimum absolute atomic E-state index is 0. The molecule has 0 spiro atoms. The van der Waals surface area contributed by atoms with Crippen molar-refractivity contribution in [1.29, 1.82) is 0 Å². The fraction of sp³-hybridized carbons (Fsp3) is 0. The summed E-state index contributed by atoms with van der Waals surface area (Å²) in [6.45, 7) is 0. The zero-order valence-electron chi connectivity index (χ0n) is 8.85. The Bertz CT molecular complexity index is 338. The Morgan fingerprint density at radius 2 is 1.29 bits per heavy atom. The van der Waals surface area contributed by atoms with Crippen molar-refractivity contribution >= 4 is 32.9 Å². The van der Waals surface area contributed by atoms with Crippen LogP contribution in [-0.2, 0) is 17.1 Å². The van der Waals surface area contributed by atoms with E-state index in [1.807, 2.05) is 44.9 Å². The Morgan fingerprint density at radius 1 is 0.765 bits per heavy atom. The van der Waals surface area contributed by atoms with Crippen molar-refractivity contribution in [1.82, 2.24) is 0 Å². The Morgan fingerprint density at radius 3 is 1.71 bits per heavy atom. The van der Waals surface area contributed by atoms with E-state index in [0.29, 0.717) is 0 Å². The second-order valence-corrected chi connectivity index (χ2v) is 6.04. The quantitative estimate of drug-likeness (QED) is 0.422. The van der Waals surface area contributed by atoms with Crippen molar-refractivity contribution in [2.24, 2.45) is 0 Å². The van der Waals surface area contributed by atoms with E-state index in [2.05, 4.69) is 18.9 Å². The van der Waals surface area contributed by atoms with Crippen molar-refractivity contribution in [3.63, 3.8) is 0 Å². The summed E-state index contributed by atoms with van der Waals surface area (Å²) < 4.78 is 0.978. The average molecular weight is 318 g/mol. The summed E-state index contributed by atoms with van der Waals surface area (Å²) in [5.41, 5.74) is 0. The molecule has 1 aromatic rings. The largest absolute Gasteiger partial charge is 2.00 e. The average Bonchev–Trinajstić information content (AvgIpc) is 3.03. The monoisotopic (exact) mass is 318 g/mol. The molecule has 3 rings (SSSR count). The molecule has 0 N–H and O–H groups in total. The third-order valence-electron chi connectivity index (χ3n) is 1.97. The first-order valence-electron chi connectivity index (χ1n) is 4.85. The molecule has 0 saturated heterocycles. The molecule has 2 fully saturated rings. The van der Waals surface area contributed by atoms with Crippen molar-refractivity contribution in [3.05, 3.63) is 78.5 Å². The van der Waals surface area contributed by atoms with Gasteiger partial charge >= 0.3 is 17.1 Å². The summed E-state index contributed by atoms with van der Waals surface area (Å²) in [6.07, 6.45) is 18.3. The summed E-state index contributed by atoms with van der Waals surface area (Å²) in [6, 6.07) is 2.06. The molecule has 86 valence electrons. The molecule has 2 aliphatic carbocycles. The molecule has 4 heteroatoms. The van der Waals surface area contributed by atoms with Gasteiger partial charge in [-0.3, -0.25) is 0 Å². The Balaban J connectivity index is 0.000000205. The van der Waals surface area contributed by atoms with Crippen LogP contribution in [0, 0.1) is 67.5 Å². The summed E-state index contributed by atoms with van der Waals surface area (Å²) in [5.74, 6) is 1.28. The van der Waals surface area contributed by atoms with Gasteiger partial charge in [-0.05, 0) is 63.9 Å². The first kappa shape index (κ1) is 15.8. The van der Waals surface area contributed by atoms with Crippen LogP contribution in [0.3, 0.4) is 0 Å². The zero-order chi connectivity index (χ0) is 11.2. The Kier molecular flexibility index (Phi) is 8.22. The maximum Gasteiger partial charge on any atom is 2.00 e. The Hall–Kier alpha value is 0.789. The van der Waals surface area contributed by atoms with E-state index in [-0.39, 0.29) is 17.1 Å². The van der Waals surface area contributed by atoms with Crippen LogP contribution in [0.1, 0.15) is 4.88 Å². The van der Waals surface area contributed by atoms with Crippen molar-refractivity contribution < 1.29 is 17.1 Å². The van der Waals surface area contributed by atoms with E-state index in [9.17, 15) is 0 Å². The number of hydrogen-bond acceptors (Lipinski definition) is 3. The van der Waals surface area contributed by atoms with E-state index in [1.54, 1.807) is 20.7 Å². The standard InChI is InChI=1S/C8H5S3.C5H5.Fe/c9-8-5-7(10-11-8)6-3-1-2-4-6;1-2-4-5-3-1;/h1-5H;1-5H;/q;;+2. The minimum atomic E-state index is 0. The van der Waals surface area contributed by atoms with E-state index in [1.165, 1.54) is 10.8 Å². The SMILES string of the molecule is S=c1cc([C]2[CH][CH][CH][CH]2)ss1.[CH]1[CH][CH][CH][CH]1.[Fe+2]. The van der Waals surface area contributed by atoms with Crippen LogP contribution in [0.4, 0.5) is 0 Å². The first-order valence-corrected chi connectivity index (χ1v) is 7.41. The van der Waals surface area contributed by atoms with Gasteiger partial charge in [0, 0.05) is 10.8 Å². The number of rotatable bonds is 1. The van der Waals surface area contributed by atoms with Crippen LogP contribution in [0.2, 0.25) is 0 Å². The smallest absolute Gasteiger partial charge is 0.0830 e. The summed E-state index contributed by atoms with van der Waals surface area (Å²) in [4.78, 5) is 1.28. The normalized spacial score (nSPS) is 19.5. The van der Waals surface area contributed by atoms with Gasteiger partial charge in [-0.15, -0.1) is 0 Å². The predicted molar refractivity (Wildman–Crippen MR) is 74.1 cm³/mol. The molecular weight excluding hydrogens is 308 g/mol. The van der Waals surface area contributed by atoms with E-state index in [0.717, 1.165) is 3.82 Å². The van der Waals surface area contributed by atoms with Crippen molar-refractivity contribution in [2.75, 3.05) is 0 Å². The predicted octanol–water partition coefficient (Wildman–Crippen LogP) is 4.31. The molecule has 0 unspecified atom stereocenters. The minimum Gasteiger partial charge on any atom is -0.0830 e. The van der Waals surface area contributed by atoms with Gasteiger partial charge in [0.25, 0.3) is 0 Å². The molecule has 10 radical (unpaired) electrons. The molecule has 0 aliphatic heterocycles. The molecule has 0 nitrogen and oxygen atoms in total. The summed E-state index contributed by atoms with van der Waals surface area (Å²) in [5, 5.41) is 0. The van der Waals surface area contributed by atoms with Crippen LogP contribution < -0.4 is 0 Å².